The van der Waals surface area contributed by atoms with E-state index >= 15 is 0 Å². The molecule has 1 aliphatic rings. The van der Waals surface area contributed by atoms with Crippen LogP contribution in [0.15, 0.2) is 34.3 Å². The van der Waals surface area contributed by atoms with E-state index < -0.39 is 0 Å². The number of amides is 1. The van der Waals surface area contributed by atoms with Gasteiger partial charge in [0.05, 0.1) is 17.6 Å². The van der Waals surface area contributed by atoms with Crippen LogP contribution in [0.4, 0.5) is 5.69 Å². The highest BCUT2D eigenvalue weighted by Gasteiger charge is 2.22. The highest BCUT2D eigenvalue weighted by atomic mass is 32.2. The number of carbonyl (C=O) groups excluding carboxylic acids is 1. The quantitative estimate of drug-likeness (QED) is 0.513. The Bertz CT molecular complexity index is 865. The summed E-state index contributed by atoms with van der Waals surface area (Å²) in [5.41, 5.74) is 2.70. The summed E-state index contributed by atoms with van der Waals surface area (Å²) in [7, 11) is 0. The predicted octanol–water partition coefficient (Wildman–Crippen LogP) is 2.20. The maximum absolute atomic E-state index is 12.6. The van der Waals surface area contributed by atoms with Crippen molar-refractivity contribution < 1.29 is 4.79 Å². The Morgan fingerprint density at radius 3 is 2.86 bits per heavy atom. The molecule has 2 heterocycles. The highest BCUT2D eigenvalue weighted by molar-refractivity contribution is 8.00. The summed E-state index contributed by atoms with van der Waals surface area (Å²) in [5.74, 6) is 0.0919. The monoisotopic (exact) mass is 401 g/mol. The molecule has 1 N–H and O–H groups in total. The van der Waals surface area contributed by atoms with Gasteiger partial charge in [-0.15, -0.1) is 0 Å². The van der Waals surface area contributed by atoms with Gasteiger partial charge in [0.25, 0.3) is 0 Å². The van der Waals surface area contributed by atoms with Gasteiger partial charge in [0.15, 0.2) is 0 Å². The number of nitrogens with one attached hydrogen (secondary N) is 1. The molecule has 0 aliphatic heterocycles. The number of carbonyl (C=O) groups is 1. The molecule has 0 spiro atoms. The second-order valence-electron chi connectivity index (χ2n) is 6.74. The number of hydrogen-bond donors (Lipinski definition) is 1. The fourth-order valence-electron chi connectivity index (χ4n) is 3.49. The molecule has 1 amide bonds. The van der Waals surface area contributed by atoms with Crippen molar-refractivity contribution in [3.63, 3.8) is 0 Å². The van der Waals surface area contributed by atoms with E-state index in [-0.39, 0.29) is 17.3 Å². The van der Waals surface area contributed by atoms with Crippen molar-refractivity contribution in [2.75, 3.05) is 30.7 Å². The van der Waals surface area contributed by atoms with Crippen molar-refractivity contribution >= 4 is 23.4 Å². The van der Waals surface area contributed by atoms with Crippen LogP contribution in [-0.2, 0) is 24.2 Å². The Balaban J connectivity index is 1.69. The molecule has 0 bridgehead atoms. The molecule has 7 nitrogen and oxygen atoms in total. The van der Waals surface area contributed by atoms with Gasteiger partial charge in [-0.3, -0.25) is 14.3 Å². The topological polar surface area (TPSA) is 80.1 Å². The number of aromatic nitrogens is 3. The van der Waals surface area contributed by atoms with E-state index in [1.54, 1.807) is 24.5 Å². The molecule has 28 heavy (non-hydrogen) atoms. The molecule has 1 aliphatic carbocycles. The molecular formula is C20H27N5O2S. The van der Waals surface area contributed by atoms with Crippen LogP contribution < -0.4 is 11.0 Å². The first-order valence-corrected chi connectivity index (χ1v) is 10.8. The van der Waals surface area contributed by atoms with Gasteiger partial charge in [0, 0.05) is 30.5 Å². The minimum atomic E-state index is -0.206. The van der Waals surface area contributed by atoms with Crippen LogP contribution in [0.1, 0.15) is 31.5 Å². The molecule has 2 aromatic rings. The van der Waals surface area contributed by atoms with Gasteiger partial charge in [-0.25, -0.2) is 4.79 Å². The van der Waals surface area contributed by atoms with Crippen LogP contribution >= 0.6 is 11.8 Å². The number of pyridine rings is 1. The first-order valence-electron chi connectivity index (χ1n) is 9.80. The Morgan fingerprint density at radius 2 is 2.14 bits per heavy atom. The number of hydrogen-bond acceptors (Lipinski definition) is 6. The van der Waals surface area contributed by atoms with Crippen LogP contribution in [0.3, 0.4) is 0 Å². The second kappa shape index (κ2) is 9.84. The SMILES string of the molecule is CCN(CC)CCn1c2c(c(SCC(=O)Nc3cccnc3)nc1=O)CCC2. The summed E-state index contributed by atoms with van der Waals surface area (Å²) in [6, 6.07) is 3.57. The zero-order valence-electron chi connectivity index (χ0n) is 16.5. The smallest absolute Gasteiger partial charge is 0.324 e. The van der Waals surface area contributed by atoms with Gasteiger partial charge in [0.1, 0.15) is 5.03 Å². The third-order valence-electron chi connectivity index (χ3n) is 5.02. The van der Waals surface area contributed by atoms with Gasteiger partial charge >= 0.3 is 5.69 Å². The molecule has 2 aromatic heterocycles. The summed E-state index contributed by atoms with van der Waals surface area (Å²) in [4.78, 5) is 35.4. The molecule has 8 heteroatoms. The minimum Gasteiger partial charge on any atom is -0.324 e. The summed E-state index contributed by atoms with van der Waals surface area (Å²) in [5, 5.41) is 3.52. The van der Waals surface area contributed by atoms with Gasteiger partial charge < -0.3 is 10.2 Å². The number of likely N-dealkylation sites (N-methyl/N-ethyl adjacent to an activating group) is 1. The average molecular weight is 402 g/mol. The molecule has 0 radical (unpaired) electrons. The predicted molar refractivity (Wildman–Crippen MR) is 112 cm³/mol. The van der Waals surface area contributed by atoms with E-state index in [0.717, 1.165) is 50.2 Å². The fourth-order valence-corrected chi connectivity index (χ4v) is 4.36. The summed E-state index contributed by atoms with van der Waals surface area (Å²) in [6.45, 7) is 7.72. The Morgan fingerprint density at radius 1 is 1.32 bits per heavy atom. The lowest BCUT2D eigenvalue weighted by Gasteiger charge is -2.20. The summed E-state index contributed by atoms with van der Waals surface area (Å²) in [6.07, 6.45) is 6.12. The van der Waals surface area contributed by atoms with E-state index in [0.29, 0.717) is 17.3 Å². The molecule has 0 unspecified atom stereocenters. The third-order valence-corrected chi connectivity index (χ3v) is 6.04. The average Bonchev–Trinajstić information content (AvgIpc) is 3.19. The van der Waals surface area contributed by atoms with Crippen molar-refractivity contribution in [1.29, 1.82) is 0 Å². The molecule has 0 atom stereocenters. The number of thioether (sulfide) groups is 1. The summed E-state index contributed by atoms with van der Waals surface area (Å²) >= 11 is 1.34. The van der Waals surface area contributed by atoms with E-state index in [4.69, 9.17) is 0 Å². The van der Waals surface area contributed by atoms with Crippen LogP contribution in [0, 0.1) is 0 Å². The third kappa shape index (κ3) is 4.99. The second-order valence-corrected chi connectivity index (χ2v) is 7.70. The van der Waals surface area contributed by atoms with E-state index in [1.165, 1.54) is 11.8 Å². The van der Waals surface area contributed by atoms with Crippen molar-refractivity contribution in [2.24, 2.45) is 0 Å². The van der Waals surface area contributed by atoms with Crippen molar-refractivity contribution in [2.45, 2.75) is 44.7 Å². The number of anilines is 1. The van der Waals surface area contributed by atoms with Gasteiger partial charge in [-0.05, 0) is 44.5 Å². The van der Waals surface area contributed by atoms with Crippen LogP contribution in [-0.4, -0.2) is 50.7 Å². The lowest BCUT2D eigenvalue weighted by molar-refractivity contribution is -0.113. The van der Waals surface area contributed by atoms with Crippen molar-refractivity contribution in [3.05, 3.63) is 46.3 Å². The normalized spacial score (nSPS) is 13.0. The lowest BCUT2D eigenvalue weighted by Crippen LogP contribution is -2.34. The van der Waals surface area contributed by atoms with Gasteiger partial charge in [-0.1, -0.05) is 25.6 Å². The molecule has 3 rings (SSSR count). The first kappa shape index (κ1) is 20.5. The van der Waals surface area contributed by atoms with Gasteiger partial charge in [-0.2, -0.15) is 4.98 Å². The van der Waals surface area contributed by atoms with Gasteiger partial charge in [0.2, 0.25) is 5.91 Å². The molecule has 0 fully saturated rings. The number of nitrogens with zero attached hydrogens (tertiary/aromatic N) is 4. The molecule has 0 saturated carbocycles. The Hall–Kier alpha value is -2.19. The Kier molecular flexibility index (Phi) is 7.22. The van der Waals surface area contributed by atoms with Crippen molar-refractivity contribution in [3.8, 4) is 0 Å². The van der Waals surface area contributed by atoms with E-state index in [9.17, 15) is 9.59 Å². The van der Waals surface area contributed by atoms with E-state index in [1.807, 2.05) is 4.57 Å². The molecule has 0 saturated heterocycles. The zero-order chi connectivity index (χ0) is 19.9. The maximum atomic E-state index is 12.6. The Labute approximate surface area is 169 Å². The fraction of sp³-hybridized carbons (Fsp3) is 0.500. The maximum Gasteiger partial charge on any atom is 0.348 e. The zero-order valence-corrected chi connectivity index (χ0v) is 17.3. The molecule has 150 valence electrons. The van der Waals surface area contributed by atoms with Crippen LogP contribution in [0.5, 0.6) is 0 Å². The van der Waals surface area contributed by atoms with E-state index in [2.05, 4.69) is 34.0 Å². The first-order chi connectivity index (χ1) is 13.6. The summed E-state index contributed by atoms with van der Waals surface area (Å²) < 4.78 is 1.83. The lowest BCUT2D eigenvalue weighted by atomic mass is 10.2. The van der Waals surface area contributed by atoms with Crippen LogP contribution in [0.2, 0.25) is 0 Å². The molecular weight excluding hydrogens is 374 g/mol. The number of rotatable bonds is 9. The standard InChI is InChI=1S/C20H27N5O2S/c1-3-24(4-2)11-12-25-17-9-5-8-16(17)19(23-20(25)27)28-14-18(26)22-15-7-6-10-21-13-15/h6-7,10,13H,3-5,8-9,11-12,14H2,1-2H3,(H,22,26). The van der Waals surface area contributed by atoms with Crippen LogP contribution in [0.25, 0.3) is 0 Å². The van der Waals surface area contributed by atoms with Crippen molar-refractivity contribution in [1.82, 2.24) is 19.4 Å². The highest BCUT2D eigenvalue weighted by Crippen LogP contribution is 2.29. The molecule has 0 aromatic carbocycles. The minimum absolute atomic E-state index is 0.128. The largest absolute Gasteiger partial charge is 0.348 e. The number of fused-ring (bicyclic) bond motifs is 1.